The Balaban J connectivity index is 1.35. The lowest BCUT2D eigenvalue weighted by molar-refractivity contribution is 0.148. The van der Waals surface area contributed by atoms with Crippen molar-refractivity contribution in [2.45, 2.75) is 6.54 Å². The first-order valence-corrected chi connectivity index (χ1v) is 11.4. The molecular weight excluding hydrogens is 404 g/mol. The van der Waals surface area contributed by atoms with Crippen LogP contribution in [-0.2, 0) is 6.54 Å². The van der Waals surface area contributed by atoms with E-state index in [1.807, 2.05) is 24.4 Å². The predicted octanol–water partition coefficient (Wildman–Crippen LogP) is 5.16. The molecule has 4 aromatic rings. The highest BCUT2D eigenvalue weighted by Crippen LogP contribution is 2.37. The van der Waals surface area contributed by atoms with Gasteiger partial charge in [0.25, 0.3) is 0 Å². The zero-order valence-corrected chi connectivity index (χ0v) is 18.4. The van der Waals surface area contributed by atoms with Crippen molar-refractivity contribution in [1.29, 1.82) is 0 Å². The molecule has 0 atom stereocenters. The van der Waals surface area contributed by atoms with Gasteiger partial charge in [-0.3, -0.25) is 9.88 Å². The first-order chi connectivity index (χ1) is 15.1. The number of pyridine rings is 1. The Labute approximate surface area is 186 Å². The Bertz CT molecular complexity index is 1180. The van der Waals surface area contributed by atoms with E-state index < -0.39 is 0 Å². The number of phenols is 1. The fraction of sp³-hybridized carbons (Fsp3) is 0.240. The maximum atomic E-state index is 9.74. The lowest BCUT2D eigenvalue weighted by Crippen LogP contribution is -2.43. The monoisotopic (exact) mass is 430 g/mol. The molecule has 1 fully saturated rings. The van der Waals surface area contributed by atoms with E-state index in [1.165, 1.54) is 16.0 Å². The van der Waals surface area contributed by atoms with Gasteiger partial charge in [-0.1, -0.05) is 30.3 Å². The summed E-state index contributed by atoms with van der Waals surface area (Å²) < 4.78 is 1.11. The zero-order valence-electron chi connectivity index (χ0n) is 17.6. The fourth-order valence-electron chi connectivity index (χ4n) is 3.96. The number of piperazine rings is 1. The molecule has 5 nitrogen and oxygen atoms in total. The molecule has 31 heavy (non-hydrogen) atoms. The maximum absolute atomic E-state index is 9.74. The van der Waals surface area contributed by atoms with Gasteiger partial charge in [-0.2, -0.15) is 0 Å². The standard InChI is InChI=1S/C25H26N4OS/c1-28-11-13-29(14-12-28)17-18-5-7-19(8-6-18)24-16-23-25(31-24)22(9-10-26-23)27-20-3-2-4-21(30)15-20/h2-10,15-16,30H,11-14,17H2,1H3,(H,26,27). The number of benzene rings is 2. The highest BCUT2D eigenvalue weighted by molar-refractivity contribution is 7.22. The van der Waals surface area contributed by atoms with Crippen molar-refractivity contribution in [2.75, 3.05) is 38.5 Å². The van der Waals surface area contributed by atoms with Crippen molar-refractivity contribution in [1.82, 2.24) is 14.8 Å². The van der Waals surface area contributed by atoms with Gasteiger partial charge < -0.3 is 15.3 Å². The van der Waals surface area contributed by atoms with Gasteiger partial charge in [0.1, 0.15) is 5.75 Å². The number of anilines is 2. The minimum absolute atomic E-state index is 0.249. The molecule has 2 N–H and O–H groups in total. The van der Waals surface area contributed by atoms with E-state index >= 15 is 0 Å². The minimum atomic E-state index is 0.249. The van der Waals surface area contributed by atoms with Crippen molar-refractivity contribution >= 4 is 32.9 Å². The average molecular weight is 431 g/mol. The molecule has 1 aliphatic heterocycles. The first kappa shape index (κ1) is 20.0. The van der Waals surface area contributed by atoms with E-state index in [9.17, 15) is 5.11 Å². The average Bonchev–Trinajstić information content (AvgIpc) is 3.21. The van der Waals surface area contributed by atoms with Gasteiger partial charge in [-0.25, -0.2) is 0 Å². The molecule has 1 saturated heterocycles. The van der Waals surface area contributed by atoms with Gasteiger partial charge in [0.05, 0.1) is 15.9 Å². The molecule has 2 aromatic heterocycles. The summed E-state index contributed by atoms with van der Waals surface area (Å²) >= 11 is 1.74. The van der Waals surface area contributed by atoms with Crippen LogP contribution >= 0.6 is 11.3 Å². The number of aromatic hydroxyl groups is 1. The number of phenolic OH excluding ortho intramolecular Hbond substituents is 1. The number of likely N-dealkylation sites (N-methyl/N-ethyl adjacent to an activating group) is 1. The second-order valence-electron chi connectivity index (χ2n) is 8.14. The number of thiophene rings is 1. The number of aromatic nitrogens is 1. The second-order valence-corrected chi connectivity index (χ2v) is 9.19. The summed E-state index contributed by atoms with van der Waals surface area (Å²) in [6, 6.07) is 20.2. The fourth-order valence-corrected chi connectivity index (χ4v) is 5.05. The van der Waals surface area contributed by atoms with Crippen LogP contribution in [0.3, 0.4) is 0 Å². The molecule has 3 heterocycles. The topological polar surface area (TPSA) is 51.6 Å². The molecule has 0 radical (unpaired) electrons. The number of nitrogens with zero attached hydrogens (tertiary/aromatic N) is 3. The second kappa shape index (κ2) is 8.67. The Kier molecular flexibility index (Phi) is 5.59. The van der Waals surface area contributed by atoms with E-state index in [4.69, 9.17) is 0 Å². The molecule has 0 saturated carbocycles. The highest BCUT2D eigenvalue weighted by atomic mass is 32.1. The molecule has 5 rings (SSSR count). The zero-order chi connectivity index (χ0) is 21.2. The van der Waals surface area contributed by atoms with Gasteiger partial charge in [0, 0.05) is 55.6 Å². The van der Waals surface area contributed by atoms with Crippen LogP contribution in [0.2, 0.25) is 0 Å². The van der Waals surface area contributed by atoms with E-state index in [-0.39, 0.29) is 5.75 Å². The molecule has 0 unspecified atom stereocenters. The number of rotatable bonds is 5. The van der Waals surface area contributed by atoms with Crippen LogP contribution in [0, 0.1) is 0 Å². The van der Waals surface area contributed by atoms with Crippen LogP contribution in [0.1, 0.15) is 5.56 Å². The molecule has 6 heteroatoms. The summed E-state index contributed by atoms with van der Waals surface area (Å²) in [6.07, 6.45) is 1.82. The highest BCUT2D eigenvalue weighted by Gasteiger charge is 2.14. The Morgan fingerprint density at radius 1 is 1.00 bits per heavy atom. The van der Waals surface area contributed by atoms with Crippen molar-refractivity contribution in [3.63, 3.8) is 0 Å². The molecule has 0 aliphatic carbocycles. The van der Waals surface area contributed by atoms with Gasteiger partial charge in [0.15, 0.2) is 0 Å². The summed E-state index contributed by atoms with van der Waals surface area (Å²) in [5, 5.41) is 13.2. The molecule has 1 aliphatic rings. The number of hydrogen-bond donors (Lipinski definition) is 2. The summed E-state index contributed by atoms with van der Waals surface area (Å²) in [6.45, 7) is 5.57. The van der Waals surface area contributed by atoms with E-state index in [2.05, 4.69) is 57.5 Å². The number of nitrogens with one attached hydrogen (secondary N) is 1. The normalized spacial score (nSPS) is 15.4. The molecular formula is C25H26N4OS. The molecule has 0 bridgehead atoms. The van der Waals surface area contributed by atoms with Crippen molar-refractivity contribution in [2.24, 2.45) is 0 Å². The van der Waals surface area contributed by atoms with Gasteiger partial charge in [0.2, 0.25) is 0 Å². The maximum Gasteiger partial charge on any atom is 0.117 e. The molecule has 158 valence electrons. The minimum Gasteiger partial charge on any atom is -0.508 e. The van der Waals surface area contributed by atoms with E-state index in [1.54, 1.807) is 23.5 Å². The summed E-state index contributed by atoms with van der Waals surface area (Å²) in [5.41, 5.74) is 5.41. The van der Waals surface area contributed by atoms with Crippen LogP contribution in [0.4, 0.5) is 11.4 Å². The van der Waals surface area contributed by atoms with Gasteiger partial charge >= 0.3 is 0 Å². The smallest absolute Gasteiger partial charge is 0.117 e. The Hall–Kier alpha value is -2.93. The molecule has 2 aromatic carbocycles. The Morgan fingerprint density at radius 3 is 2.58 bits per heavy atom. The van der Waals surface area contributed by atoms with Crippen LogP contribution in [0.15, 0.2) is 66.9 Å². The third-order valence-corrected chi connectivity index (χ3v) is 6.98. The third-order valence-electron chi connectivity index (χ3n) is 5.78. The van der Waals surface area contributed by atoms with Crippen LogP contribution in [-0.4, -0.2) is 53.1 Å². The third kappa shape index (κ3) is 4.56. The lowest BCUT2D eigenvalue weighted by atomic mass is 10.1. The van der Waals surface area contributed by atoms with Crippen LogP contribution < -0.4 is 5.32 Å². The van der Waals surface area contributed by atoms with Crippen molar-refractivity contribution < 1.29 is 5.11 Å². The lowest BCUT2D eigenvalue weighted by Gasteiger charge is -2.32. The molecule has 0 amide bonds. The van der Waals surface area contributed by atoms with Gasteiger partial charge in [-0.05, 0) is 42.4 Å². The SMILES string of the molecule is CN1CCN(Cc2ccc(-c3cc4nccc(Nc5cccc(O)c5)c4s3)cc2)CC1. The predicted molar refractivity (Wildman–Crippen MR) is 129 cm³/mol. The Morgan fingerprint density at radius 2 is 1.81 bits per heavy atom. The first-order valence-electron chi connectivity index (χ1n) is 10.6. The largest absolute Gasteiger partial charge is 0.508 e. The van der Waals surface area contributed by atoms with E-state index in [0.29, 0.717) is 0 Å². The summed E-state index contributed by atoms with van der Waals surface area (Å²) in [7, 11) is 2.19. The quantitative estimate of drug-likeness (QED) is 0.458. The number of fused-ring (bicyclic) bond motifs is 1. The molecule has 0 spiro atoms. The van der Waals surface area contributed by atoms with Gasteiger partial charge in [-0.15, -0.1) is 11.3 Å². The van der Waals surface area contributed by atoms with Crippen molar-refractivity contribution in [3.05, 3.63) is 72.4 Å². The van der Waals surface area contributed by atoms with Crippen molar-refractivity contribution in [3.8, 4) is 16.2 Å². The van der Waals surface area contributed by atoms with E-state index in [0.717, 1.165) is 54.3 Å². The summed E-state index contributed by atoms with van der Waals surface area (Å²) in [4.78, 5) is 10.7. The number of hydrogen-bond acceptors (Lipinski definition) is 6. The van der Waals surface area contributed by atoms with Crippen LogP contribution in [0.25, 0.3) is 20.7 Å². The summed E-state index contributed by atoms with van der Waals surface area (Å²) in [5.74, 6) is 0.249. The van der Waals surface area contributed by atoms with Crippen LogP contribution in [0.5, 0.6) is 5.75 Å².